The Hall–Kier alpha value is -3.77. The predicted molar refractivity (Wildman–Crippen MR) is 144 cm³/mol. The average Bonchev–Trinajstić information content (AvgIpc) is 3.14. The molecule has 6 nitrogen and oxygen atoms in total. The lowest BCUT2D eigenvalue weighted by Gasteiger charge is -2.26. The molecule has 1 aliphatic rings. The third kappa shape index (κ3) is 5.81. The number of Topliss-reactive ketones (excluding diaryl/α,β-unsaturated/α-hetero) is 1. The fourth-order valence-corrected chi connectivity index (χ4v) is 4.44. The van der Waals surface area contributed by atoms with E-state index in [2.05, 4.69) is 13.8 Å². The monoisotopic (exact) mass is 519 g/mol. The Morgan fingerprint density at radius 2 is 1.70 bits per heavy atom. The minimum Gasteiger partial charge on any atom is -0.507 e. The van der Waals surface area contributed by atoms with Gasteiger partial charge in [0.25, 0.3) is 11.7 Å². The van der Waals surface area contributed by atoms with Crippen LogP contribution in [0.1, 0.15) is 43.0 Å². The number of ether oxygens (including phenoxy) is 2. The van der Waals surface area contributed by atoms with Gasteiger partial charge in [-0.3, -0.25) is 9.59 Å². The zero-order valence-corrected chi connectivity index (χ0v) is 21.9. The molecule has 0 aromatic heterocycles. The summed E-state index contributed by atoms with van der Waals surface area (Å²) in [7, 11) is 1.54. The second kappa shape index (κ2) is 11.5. The summed E-state index contributed by atoms with van der Waals surface area (Å²) in [5.74, 6) is -0.129. The molecule has 4 rings (SSSR count). The summed E-state index contributed by atoms with van der Waals surface area (Å²) in [6.07, 6.45) is 0.892. The fraction of sp³-hybridized carbons (Fsp3) is 0.267. The summed E-state index contributed by atoms with van der Waals surface area (Å²) in [4.78, 5) is 28.1. The molecule has 1 aliphatic heterocycles. The molecular formula is C30H30ClNO5. The Balaban J connectivity index is 1.80. The first-order chi connectivity index (χ1) is 17.8. The van der Waals surface area contributed by atoms with Crippen molar-refractivity contribution in [3.05, 3.63) is 100 Å². The van der Waals surface area contributed by atoms with Gasteiger partial charge in [-0.1, -0.05) is 61.8 Å². The van der Waals surface area contributed by atoms with Crippen molar-refractivity contribution >= 4 is 29.1 Å². The molecule has 1 N–H and O–H groups in total. The van der Waals surface area contributed by atoms with Crippen LogP contribution in [0.15, 0.2) is 78.4 Å². The largest absolute Gasteiger partial charge is 0.507 e. The maximum atomic E-state index is 13.3. The highest BCUT2D eigenvalue weighted by Gasteiger charge is 2.46. The molecule has 0 saturated carbocycles. The first kappa shape index (κ1) is 26.3. The van der Waals surface area contributed by atoms with E-state index in [0.717, 1.165) is 12.0 Å². The first-order valence-corrected chi connectivity index (χ1v) is 12.6. The lowest BCUT2D eigenvalue weighted by atomic mass is 9.94. The van der Waals surface area contributed by atoms with Gasteiger partial charge in [0.15, 0.2) is 11.5 Å². The van der Waals surface area contributed by atoms with Crippen LogP contribution in [-0.4, -0.2) is 35.4 Å². The topological polar surface area (TPSA) is 76.1 Å². The standard InChI is InChI=1S/C30H30ClNO5/c1-19(2)15-16-37-24-14-11-22(17-25(24)36-3)27-26(28(33)21-9-12-23(31)13-10-21)29(34)30(35)32(27)18-20-7-5-4-6-8-20/h4-14,17,19,27,33H,15-16,18H2,1-3H3. The van der Waals surface area contributed by atoms with Crippen molar-refractivity contribution in [1.82, 2.24) is 4.90 Å². The highest BCUT2D eigenvalue weighted by Crippen LogP contribution is 2.42. The van der Waals surface area contributed by atoms with E-state index in [0.29, 0.717) is 40.2 Å². The number of carbonyl (C=O) groups excluding carboxylic acids is 2. The van der Waals surface area contributed by atoms with Gasteiger partial charge >= 0.3 is 0 Å². The molecule has 1 saturated heterocycles. The van der Waals surface area contributed by atoms with Crippen LogP contribution in [0.25, 0.3) is 5.76 Å². The summed E-state index contributed by atoms with van der Waals surface area (Å²) in [5, 5.41) is 11.7. The SMILES string of the molecule is COc1cc(C2C(=C(O)c3ccc(Cl)cc3)C(=O)C(=O)N2Cc2ccccc2)ccc1OCCC(C)C. The number of nitrogens with zero attached hydrogens (tertiary/aromatic N) is 1. The molecule has 0 aliphatic carbocycles. The summed E-state index contributed by atoms with van der Waals surface area (Å²) < 4.78 is 11.5. The third-order valence-electron chi connectivity index (χ3n) is 6.31. The molecule has 0 radical (unpaired) electrons. The van der Waals surface area contributed by atoms with Crippen LogP contribution < -0.4 is 9.47 Å². The lowest BCUT2D eigenvalue weighted by Crippen LogP contribution is -2.29. The van der Waals surface area contributed by atoms with E-state index >= 15 is 0 Å². The van der Waals surface area contributed by atoms with Crippen LogP contribution in [0.5, 0.6) is 11.5 Å². The van der Waals surface area contributed by atoms with Crippen molar-refractivity contribution in [1.29, 1.82) is 0 Å². The Bertz CT molecular complexity index is 1300. The van der Waals surface area contributed by atoms with Gasteiger partial charge in [-0.05, 0) is 59.9 Å². The van der Waals surface area contributed by atoms with Crippen LogP contribution in [0.2, 0.25) is 5.02 Å². The number of aliphatic hydroxyl groups excluding tert-OH is 1. The molecule has 0 spiro atoms. The fourth-order valence-electron chi connectivity index (χ4n) is 4.31. The number of amides is 1. The molecule has 3 aromatic rings. The van der Waals surface area contributed by atoms with Crippen molar-refractivity contribution < 1.29 is 24.2 Å². The van der Waals surface area contributed by atoms with Gasteiger partial charge in [0, 0.05) is 17.1 Å². The number of aliphatic hydroxyl groups is 1. The predicted octanol–water partition coefficient (Wildman–Crippen LogP) is 6.40. The third-order valence-corrected chi connectivity index (χ3v) is 6.56. The van der Waals surface area contributed by atoms with E-state index in [1.54, 1.807) is 49.6 Å². The maximum Gasteiger partial charge on any atom is 0.295 e. The minimum absolute atomic E-state index is 0.0128. The van der Waals surface area contributed by atoms with Gasteiger partial charge < -0.3 is 19.5 Å². The number of likely N-dealkylation sites (tertiary alicyclic amines) is 1. The number of hydrogen-bond acceptors (Lipinski definition) is 5. The van der Waals surface area contributed by atoms with Crippen molar-refractivity contribution in [3.8, 4) is 11.5 Å². The quantitative estimate of drug-likeness (QED) is 0.201. The highest BCUT2D eigenvalue weighted by atomic mass is 35.5. The van der Waals surface area contributed by atoms with Gasteiger partial charge in [-0.15, -0.1) is 0 Å². The van der Waals surface area contributed by atoms with Crippen molar-refractivity contribution in [2.75, 3.05) is 13.7 Å². The molecule has 1 heterocycles. The van der Waals surface area contributed by atoms with Gasteiger partial charge in [0.2, 0.25) is 0 Å². The Labute approximate surface area is 222 Å². The Kier molecular flexibility index (Phi) is 8.19. The van der Waals surface area contributed by atoms with Crippen molar-refractivity contribution in [2.24, 2.45) is 5.92 Å². The van der Waals surface area contributed by atoms with E-state index in [1.165, 1.54) is 4.90 Å². The molecule has 1 unspecified atom stereocenters. The maximum absolute atomic E-state index is 13.3. The molecule has 0 bridgehead atoms. The molecule has 1 amide bonds. The van der Waals surface area contributed by atoms with Crippen molar-refractivity contribution in [3.63, 3.8) is 0 Å². The average molecular weight is 520 g/mol. The van der Waals surface area contributed by atoms with E-state index in [1.807, 2.05) is 30.3 Å². The van der Waals surface area contributed by atoms with Crippen molar-refractivity contribution in [2.45, 2.75) is 32.9 Å². The lowest BCUT2D eigenvalue weighted by molar-refractivity contribution is -0.140. The highest BCUT2D eigenvalue weighted by molar-refractivity contribution is 6.46. The first-order valence-electron chi connectivity index (χ1n) is 12.2. The smallest absolute Gasteiger partial charge is 0.295 e. The van der Waals surface area contributed by atoms with Gasteiger partial charge in [-0.25, -0.2) is 0 Å². The number of hydrogen-bond donors (Lipinski definition) is 1. The van der Waals surface area contributed by atoms with E-state index < -0.39 is 17.7 Å². The number of halogens is 1. The molecule has 1 fully saturated rings. The van der Waals surface area contributed by atoms with Gasteiger partial charge in [0.05, 0.1) is 25.3 Å². The summed E-state index contributed by atoms with van der Waals surface area (Å²) >= 11 is 6.01. The minimum atomic E-state index is -0.825. The summed E-state index contributed by atoms with van der Waals surface area (Å²) in [6, 6.07) is 20.4. The Morgan fingerprint density at radius 1 is 1.00 bits per heavy atom. The molecular weight excluding hydrogens is 490 g/mol. The zero-order chi connectivity index (χ0) is 26.5. The Morgan fingerprint density at radius 3 is 2.35 bits per heavy atom. The second-order valence-corrected chi connectivity index (χ2v) is 9.80. The van der Waals surface area contributed by atoms with Crippen LogP contribution in [0.4, 0.5) is 0 Å². The summed E-state index contributed by atoms with van der Waals surface area (Å²) in [5.41, 5.74) is 1.90. The van der Waals surface area contributed by atoms with E-state index in [4.69, 9.17) is 21.1 Å². The van der Waals surface area contributed by atoms with Crippen LogP contribution >= 0.6 is 11.6 Å². The molecule has 1 atom stereocenters. The second-order valence-electron chi connectivity index (χ2n) is 9.36. The zero-order valence-electron chi connectivity index (χ0n) is 21.1. The van der Waals surface area contributed by atoms with E-state index in [9.17, 15) is 14.7 Å². The normalized spacial score (nSPS) is 16.9. The number of rotatable bonds is 9. The van der Waals surface area contributed by atoms with Crippen LogP contribution in [-0.2, 0) is 16.1 Å². The van der Waals surface area contributed by atoms with Crippen LogP contribution in [0, 0.1) is 5.92 Å². The molecule has 3 aromatic carbocycles. The molecule has 192 valence electrons. The molecule has 37 heavy (non-hydrogen) atoms. The number of ketones is 1. The number of benzene rings is 3. The van der Waals surface area contributed by atoms with Crippen LogP contribution in [0.3, 0.4) is 0 Å². The molecule has 7 heteroatoms. The van der Waals surface area contributed by atoms with E-state index in [-0.39, 0.29) is 17.9 Å². The van der Waals surface area contributed by atoms with Gasteiger partial charge in [0.1, 0.15) is 5.76 Å². The van der Waals surface area contributed by atoms with Gasteiger partial charge in [-0.2, -0.15) is 0 Å². The number of carbonyl (C=O) groups is 2. The summed E-state index contributed by atoms with van der Waals surface area (Å²) in [6.45, 7) is 4.99. The number of methoxy groups -OCH3 is 1.